The summed E-state index contributed by atoms with van der Waals surface area (Å²) in [7, 11) is 1.75. The Morgan fingerprint density at radius 1 is 1.31 bits per heavy atom. The maximum Gasteiger partial charge on any atom is 0.165 e. The van der Waals surface area contributed by atoms with Crippen LogP contribution in [0.4, 0.5) is 0 Å². The molecule has 3 unspecified atom stereocenters. The SMILES string of the molecule is CO[C@H]1C2Oc3c(O)ccc4c3C23CCN(CC2CC2)[C@H](C4)C3C[C@@H]1C(C)(C)O. The fraction of sp³-hybridized carbons (Fsp3) is 0.750. The number of aromatic hydroxyl groups is 1. The molecular formula is C24H33NO4. The molecule has 0 aromatic heterocycles. The highest BCUT2D eigenvalue weighted by molar-refractivity contribution is 5.61. The second kappa shape index (κ2) is 5.89. The van der Waals surface area contributed by atoms with Gasteiger partial charge in [0.2, 0.25) is 0 Å². The summed E-state index contributed by atoms with van der Waals surface area (Å²) in [4.78, 5) is 2.74. The molecule has 1 aromatic rings. The van der Waals surface area contributed by atoms with E-state index in [9.17, 15) is 10.2 Å². The molecule has 1 aromatic carbocycles. The molecule has 2 aliphatic heterocycles. The number of likely N-dealkylation sites (tertiary alicyclic amines) is 1. The number of rotatable bonds is 4. The predicted molar refractivity (Wildman–Crippen MR) is 109 cm³/mol. The maximum absolute atomic E-state index is 11.0. The van der Waals surface area contributed by atoms with Gasteiger partial charge < -0.3 is 19.7 Å². The summed E-state index contributed by atoms with van der Waals surface area (Å²) in [5.74, 6) is 2.25. The second-order valence-corrected chi connectivity index (χ2v) is 10.8. The lowest BCUT2D eigenvalue weighted by Crippen LogP contribution is -2.70. The van der Waals surface area contributed by atoms with Gasteiger partial charge in [-0.25, -0.2) is 0 Å². The van der Waals surface area contributed by atoms with E-state index >= 15 is 0 Å². The van der Waals surface area contributed by atoms with Gasteiger partial charge in [0, 0.05) is 36.6 Å². The number of benzene rings is 1. The van der Waals surface area contributed by atoms with Crippen molar-refractivity contribution < 1.29 is 19.7 Å². The summed E-state index contributed by atoms with van der Waals surface area (Å²) in [5, 5.41) is 21.7. The number of piperidine rings is 1. The lowest BCUT2D eigenvalue weighted by molar-refractivity contribution is -0.179. The number of ether oxygens (including phenoxy) is 2. The Morgan fingerprint density at radius 2 is 2.10 bits per heavy atom. The van der Waals surface area contributed by atoms with E-state index in [1.807, 2.05) is 13.8 Å². The van der Waals surface area contributed by atoms with Crippen molar-refractivity contribution in [2.45, 2.75) is 75.2 Å². The summed E-state index contributed by atoms with van der Waals surface area (Å²) in [6.45, 7) is 6.13. The van der Waals surface area contributed by atoms with E-state index in [0.717, 1.165) is 31.7 Å². The third kappa shape index (κ3) is 2.38. The molecule has 0 amide bonds. The molecule has 2 saturated carbocycles. The van der Waals surface area contributed by atoms with E-state index in [1.54, 1.807) is 13.2 Å². The minimum absolute atomic E-state index is 0.0111. The molecule has 6 atom stereocenters. The van der Waals surface area contributed by atoms with Crippen LogP contribution < -0.4 is 4.74 Å². The average Bonchev–Trinajstić information content (AvgIpc) is 3.42. The van der Waals surface area contributed by atoms with E-state index in [1.165, 1.54) is 30.5 Å². The number of hydrogen-bond acceptors (Lipinski definition) is 5. The molecule has 6 rings (SSSR count). The van der Waals surface area contributed by atoms with Crippen molar-refractivity contribution in [3.8, 4) is 11.5 Å². The third-order valence-electron chi connectivity index (χ3n) is 8.85. The van der Waals surface area contributed by atoms with Gasteiger partial charge in [-0.2, -0.15) is 0 Å². The zero-order chi connectivity index (χ0) is 20.1. The third-order valence-corrected chi connectivity index (χ3v) is 8.85. The van der Waals surface area contributed by atoms with Gasteiger partial charge in [0.05, 0.1) is 5.60 Å². The first-order chi connectivity index (χ1) is 13.8. The Hall–Kier alpha value is -1.30. The fourth-order valence-corrected chi connectivity index (χ4v) is 7.41. The standard InChI is InChI=1S/C24H33NO4/c1-23(2,27)16-11-15-17-10-14-6-7-18(26)21-19(14)24(15,22(29-21)20(16)28-3)8-9-25(17)12-13-4-5-13/h6-7,13,15-17,20,22,26-27H,4-5,8-12H2,1-3H3/t15?,16-,17+,20+,22?,24?/m0/s1. The maximum atomic E-state index is 11.0. The van der Waals surface area contributed by atoms with Crippen LogP contribution in [-0.4, -0.2) is 59.2 Å². The van der Waals surface area contributed by atoms with Crippen molar-refractivity contribution in [1.29, 1.82) is 0 Å². The molecular weight excluding hydrogens is 366 g/mol. The Kier molecular flexibility index (Phi) is 3.75. The van der Waals surface area contributed by atoms with Crippen LogP contribution in [0.25, 0.3) is 0 Å². The molecule has 2 bridgehead atoms. The Bertz CT molecular complexity index is 844. The molecule has 29 heavy (non-hydrogen) atoms. The Balaban J connectivity index is 1.52. The van der Waals surface area contributed by atoms with Gasteiger partial charge in [-0.1, -0.05) is 6.07 Å². The van der Waals surface area contributed by atoms with Crippen molar-refractivity contribution in [3.63, 3.8) is 0 Å². The highest BCUT2D eigenvalue weighted by Crippen LogP contribution is 2.65. The largest absolute Gasteiger partial charge is 0.504 e. The van der Waals surface area contributed by atoms with Gasteiger partial charge in [-0.05, 0) is 76.0 Å². The quantitative estimate of drug-likeness (QED) is 0.815. The van der Waals surface area contributed by atoms with Gasteiger partial charge in [0.1, 0.15) is 12.2 Å². The van der Waals surface area contributed by atoms with Crippen LogP contribution in [0.1, 0.15) is 50.7 Å². The van der Waals surface area contributed by atoms with Crippen LogP contribution in [0.15, 0.2) is 12.1 Å². The van der Waals surface area contributed by atoms with Crippen LogP contribution >= 0.6 is 0 Å². The van der Waals surface area contributed by atoms with Gasteiger partial charge in [-0.3, -0.25) is 4.90 Å². The minimum atomic E-state index is -0.835. The highest BCUT2D eigenvalue weighted by Gasteiger charge is 2.69. The van der Waals surface area contributed by atoms with Crippen LogP contribution in [-0.2, 0) is 16.6 Å². The molecule has 5 aliphatic rings. The first-order valence-electron chi connectivity index (χ1n) is 11.4. The topological polar surface area (TPSA) is 62.2 Å². The highest BCUT2D eigenvalue weighted by atomic mass is 16.5. The van der Waals surface area contributed by atoms with Crippen LogP contribution in [0, 0.1) is 17.8 Å². The van der Waals surface area contributed by atoms with Crippen LogP contribution in [0.3, 0.4) is 0 Å². The number of phenols is 1. The number of hydrogen-bond donors (Lipinski definition) is 2. The van der Waals surface area contributed by atoms with E-state index in [2.05, 4.69) is 11.0 Å². The molecule has 2 N–H and O–H groups in total. The summed E-state index contributed by atoms with van der Waals surface area (Å²) in [6.07, 6.45) is 5.44. The van der Waals surface area contributed by atoms with Gasteiger partial charge in [0.15, 0.2) is 11.5 Å². The molecule has 3 aliphatic carbocycles. The van der Waals surface area contributed by atoms with Crippen molar-refractivity contribution in [2.24, 2.45) is 17.8 Å². The predicted octanol–water partition coefficient (Wildman–Crippen LogP) is 2.85. The van der Waals surface area contributed by atoms with Crippen LogP contribution in [0.5, 0.6) is 11.5 Å². The van der Waals surface area contributed by atoms with Crippen molar-refractivity contribution in [1.82, 2.24) is 4.90 Å². The number of nitrogens with zero attached hydrogens (tertiary/aromatic N) is 1. The fourth-order valence-electron chi connectivity index (χ4n) is 7.41. The molecule has 1 spiro atoms. The van der Waals surface area contributed by atoms with Gasteiger partial charge in [-0.15, -0.1) is 0 Å². The molecule has 5 heteroatoms. The van der Waals surface area contributed by atoms with Gasteiger partial charge in [0.25, 0.3) is 0 Å². The zero-order valence-electron chi connectivity index (χ0n) is 17.7. The van der Waals surface area contributed by atoms with Gasteiger partial charge >= 0.3 is 0 Å². The lowest BCUT2D eigenvalue weighted by atomic mass is 9.48. The second-order valence-electron chi connectivity index (χ2n) is 10.8. The van der Waals surface area contributed by atoms with Crippen molar-refractivity contribution in [3.05, 3.63) is 23.3 Å². The first-order valence-corrected chi connectivity index (χ1v) is 11.4. The zero-order valence-corrected chi connectivity index (χ0v) is 17.7. The first kappa shape index (κ1) is 18.5. The van der Waals surface area contributed by atoms with E-state index in [4.69, 9.17) is 9.47 Å². The summed E-state index contributed by atoms with van der Waals surface area (Å²) < 4.78 is 12.6. The van der Waals surface area contributed by atoms with E-state index in [-0.39, 0.29) is 29.3 Å². The molecule has 158 valence electrons. The van der Waals surface area contributed by atoms with Crippen molar-refractivity contribution >= 4 is 0 Å². The number of phenolic OH excluding ortho intramolecular Hbond substituents is 1. The summed E-state index contributed by atoms with van der Waals surface area (Å²) in [5.41, 5.74) is 1.66. The van der Waals surface area contributed by atoms with E-state index < -0.39 is 5.60 Å². The summed E-state index contributed by atoms with van der Waals surface area (Å²) >= 11 is 0. The minimum Gasteiger partial charge on any atom is -0.504 e. The van der Waals surface area contributed by atoms with E-state index in [0.29, 0.717) is 17.7 Å². The van der Waals surface area contributed by atoms with Crippen molar-refractivity contribution in [2.75, 3.05) is 20.2 Å². The Morgan fingerprint density at radius 3 is 2.79 bits per heavy atom. The molecule has 5 nitrogen and oxygen atoms in total. The lowest BCUT2D eigenvalue weighted by Gasteiger charge is -2.62. The van der Waals surface area contributed by atoms with Crippen LogP contribution in [0.2, 0.25) is 0 Å². The molecule has 3 fully saturated rings. The normalized spacial score (nSPS) is 40.5. The Labute approximate surface area is 173 Å². The number of aliphatic hydroxyl groups is 1. The summed E-state index contributed by atoms with van der Waals surface area (Å²) in [6, 6.07) is 4.41. The average molecular weight is 400 g/mol. The molecule has 2 heterocycles. The number of methoxy groups -OCH3 is 1. The smallest absolute Gasteiger partial charge is 0.165 e. The molecule has 1 saturated heterocycles. The molecule has 0 radical (unpaired) electrons. The monoisotopic (exact) mass is 399 g/mol.